The number of hydrogen-bond acceptors (Lipinski definition) is 3. The van der Waals surface area contributed by atoms with Gasteiger partial charge in [0, 0.05) is 38.8 Å². The number of carbonyl (C=O) groups is 1. The lowest BCUT2D eigenvalue weighted by Gasteiger charge is -2.41. The lowest BCUT2D eigenvalue weighted by molar-refractivity contribution is -0.139. The van der Waals surface area contributed by atoms with Gasteiger partial charge in [0.15, 0.2) is 0 Å². The zero-order chi connectivity index (χ0) is 13.9. The lowest BCUT2D eigenvalue weighted by Crippen LogP contribution is -2.54. The first kappa shape index (κ1) is 14.3. The molecule has 0 aromatic heterocycles. The summed E-state index contributed by atoms with van der Waals surface area (Å²) in [6, 6.07) is 0.741. The Morgan fingerprint density at radius 3 is 2.70 bits per heavy atom. The van der Waals surface area contributed by atoms with Gasteiger partial charge >= 0.3 is 0 Å². The maximum atomic E-state index is 12.4. The van der Waals surface area contributed by atoms with E-state index in [1.165, 1.54) is 45.2 Å². The summed E-state index contributed by atoms with van der Waals surface area (Å²) < 4.78 is 0. The molecule has 3 saturated heterocycles. The molecule has 3 heterocycles. The summed E-state index contributed by atoms with van der Waals surface area (Å²) in [7, 11) is 0. The van der Waals surface area contributed by atoms with Gasteiger partial charge in [-0.15, -0.1) is 0 Å². The predicted molar refractivity (Wildman–Crippen MR) is 80.5 cm³/mol. The van der Waals surface area contributed by atoms with Gasteiger partial charge in [0.05, 0.1) is 5.92 Å². The quantitative estimate of drug-likeness (QED) is 0.846. The minimum Gasteiger partial charge on any atom is -0.342 e. The molecule has 3 fully saturated rings. The molecular formula is C16H29N3O. The Labute approximate surface area is 122 Å². The van der Waals surface area contributed by atoms with E-state index >= 15 is 0 Å². The van der Waals surface area contributed by atoms with Crippen molar-refractivity contribution in [2.45, 2.75) is 45.1 Å². The van der Waals surface area contributed by atoms with Crippen molar-refractivity contribution >= 4 is 5.91 Å². The van der Waals surface area contributed by atoms with E-state index in [0.29, 0.717) is 11.8 Å². The Hall–Kier alpha value is -0.610. The Kier molecular flexibility index (Phi) is 4.61. The number of piperidine rings is 2. The van der Waals surface area contributed by atoms with E-state index in [1.807, 2.05) is 0 Å². The van der Waals surface area contributed by atoms with Crippen LogP contribution in [0.5, 0.6) is 0 Å². The molecular weight excluding hydrogens is 250 g/mol. The third-order valence-corrected chi connectivity index (χ3v) is 5.39. The van der Waals surface area contributed by atoms with Crippen molar-refractivity contribution in [1.29, 1.82) is 0 Å². The Morgan fingerprint density at radius 2 is 2.00 bits per heavy atom. The summed E-state index contributed by atoms with van der Waals surface area (Å²) in [4.78, 5) is 17.2. The van der Waals surface area contributed by atoms with Crippen LogP contribution in [-0.2, 0) is 4.79 Å². The second-order valence-electron chi connectivity index (χ2n) is 6.99. The fourth-order valence-corrected chi connectivity index (χ4v) is 3.90. The lowest BCUT2D eigenvalue weighted by atomic mass is 9.93. The number of amides is 1. The molecule has 2 atom stereocenters. The average molecular weight is 279 g/mol. The summed E-state index contributed by atoms with van der Waals surface area (Å²) in [6.07, 6.45) is 6.59. The van der Waals surface area contributed by atoms with Crippen molar-refractivity contribution in [3.63, 3.8) is 0 Å². The van der Waals surface area contributed by atoms with Gasteiger partial charge < -0.3 is 15.1 Å². The Balaban J connectivity index is 1.50. The van der Waals surface area contributed by atoms with Crippen LogP contribution >= 0.6 is 0 Å². The van der Waals surface area contributed by atoms with Crippen LogP contribution in [0, 0.1) is 11.8 Å². The minimum absolute atomic E-state index is 0.266. The Bertz CT molecular complexity index is 343. The van der Waals surface area contributed by atoms with Gasteiger partial charge in [-0.1, -0.05) is 6.42 Å². The van der Waals surface area contributed by atoms with Crippen molar-refractivity contribution in [3.05, 3.63) is 0 Å². The monoisotopic (exact) mass is 279 g/mol. The van der Waals surface area contributed by atoms with Crippen LogP contribution in [0.15, 0.2) is 0 Å². The van der Waals surface area contributed by atoms with E-state index in [-0.39, 0.29) is 5.92 Å². The highest BCUT2D eigenvalue weighted by molar-refractivity contribution is 5.80. The van der Waals surface area contributed by atoms with E-state index in [4.69, 9.17) is 0 Å². The first-order valence-electron chi connectivity index (χ1n) is 8.47. The van der Waals surface area contributed by atoms with Crippen LogP contribution in [0.2, 0.25) is 0 Å². The van der Waals surface area contributed by atoms with E-state index < -0.39 is 0 Å². The third kappa shape index (κ3) is 3.17. The number of carbonyl (C=O) groups excluding carboxylic acids is 1. The molecule has 3 aliphatic heterocycles. The van der Waals surface area contributed by atoms with Crippen LogP contribution in [0.4, 0.5) is 0 Å². The first-order valence-corrected chi connectivity index (χ1v) is 8.47. The molecule has 0 spiro atoms. The Morgan fingerprint density at radius 1 is 1.15 bits per heavy atom. The number of hydrogen-bond donors (Lipinski definition) is 1. The van der Waals surface area contributed by atoms with Gasteiger partial charge in [0.1, 0.15) is 0 Å². The van der Waals surface area contributed by atoms with E-state index in [2.05, 4.69) is 22.0 Å². The molecule has 0 aliphatic carbocycles. The second-order valence-corrected chi connectivity index (χ2v) is 6.99. The van der Waals surface area contributed by atoms with Crippen molar-refractivity contribution in [2.24, 2.45) is 11.8 Å². The largest absolute Gasteiger partial charge is 0.342 e. The van der Waals surface area contributed by atoms with Crippen LogP contribution in [0.1, 0.15) is 39.0 Å². The topological polar surface area (TPSA) is 35.6 Å². The standard InChI is InChI=1S/C16H29N3O/c1-13-5-2-3-7-18(13)11-14-6-4-8-19(12-14)16(20)15-9-17-10-15/h13-15,17H,2-12H2,1H3. The molecule has 0 aromatic carbocycles. The van der Waals surface area contributed by atoms with Crippen LogP contribution < -0.4 is 5.32 Å². The number of nitrogens with one attached hydrogen (secondary N) is 1. The van der Waals surface area contributed by atoms with Gasteiger partial charge in [-0.2, -0.15) is 0 Å². The zero-order valence-electron chi connectivity index (χ0n) is 12.8. The summed E-state index contributed by atoms with van der Waals surface area (Å²) >= 11 is 0. The normalized spacial score (nSPS) is 33.0. The molecule has 0 aromatic rings. The number of likely N-dealkylation sites (tertiary alicyclic amines) is 2. The van der Waals surface area contributed by atoms with Crippen molar-refractivity contribution in [2.75, 3.05) is 39.3 Å². The summed E-state index contributed by atoms with van der Waals surface area (Å²) in [5, 5.41) is 3.21. The summed E-state index contributed by atoms with van der Waals surface area (Å²) in [6.45, 7) is 8.60. The van der Waals surface area contributed by atoms with Gasteiger partial charge in [0.2, 0.25) is 5.91 Å². The molecule has 20 heavy (non-hydrogen) atoms. The van der Waals surface area contributed by atoms with Crippen LogP contribution in [0.25, 0.3) is 0 Å². The highest BCUT2D eigenvalue weighted by Crippen LogP contribution is 2.24. The second kappa shape index (κ2) is 6.44. The van der Waals surface area contributed by atoms with Crippen LogP contribution in [0.3, 0.4) is 0 Å². The molecule has 4 heteroatoms. The van der Waals surface area contributed by atoms with Crippen molar-refractivity contribution in [3.8, 4) is 0 Å². The number of rotatable bonds is 3. The summed E-state index contributed by atoms with van der Waals surface area (Å²) in [5.41, 5.74) is 0. The summed E-state index contributed by atoms with van der Waals surface area (Å²) in [5.74, 6) is 1.36. The molecule has 4 nitrogen and oxygen atoms in total. The smallest absolute Gasteiger partial charge is 0.228 e. The van der Waals surface area contributed by atoms with E-state index in [0.717, 1.165) is 32.2 Å². The SMILES string of the molecule is CC1CCCCN1CC1CCCN(C(=O)C2CNC2)C1. The maximum absolute atomic E-state index is 12.4. The van der Waals surface area contributed by atoms with E-state index in [9.17, 15) is 4.79 Å². The number of nitrogens with zero attached hydrogens (tertiary/aromatic N) is 2. The predicted octanol–water partition coefficient (Wildman–Crippen LogP) is 1.32. The van der Waals surface area contributed by atoms with Gasteiger partial charge in [-0.3, -0.25) is 4.79 Å². The van der Waals surface area contributed by atoms with Gasteiger partial charge in [0.25, 0.3) is 0 Å². The van der Waals surface area contributed by atoms with Crippen LogP contribution in [-0.4, -0.2) is 61.0 Å². The molecule has 1 amide bonds. The molecule has 1 N–H and O–H groups in total. The fourth-order valence-electron chi connectivity index (χ4n) is 3.90. The van der Waals surface area contributed by atoms with Crippen molar-refractivity contribution in [1.82, 2.24) is 15.1 Å². The zero-order valence-corrected chi connectivity index (χ0v) is 12.8. The molecule has 3 rings (SSSR count). The van der Waals surface area contributed by atoms with Gasteiger partial charge in [-0.25, -0.2) is 0 Å². The fraction of sp³-hybridized carbons (Fsp3) is 0.938. The molecule has 2 unspecified atom stereocenters. The molecule has 0 radical (unpaired) electrons. The van der Waals surface area contributed by atoms with Crippen molar-refractivity contribution < 1.29 is 4.79 Å². The molecule has 0 saturated carbocycles. The maximum Gasteiger partial charge on any atom is 0.228 e. The third-order valence-electron chi connectivity index (χ3n) is 5.39. The molecule has 0 bridgehead atoms. The first-order chi connectivity index (χ1) is 9.74. The average Bonchev–Trinajstić information content (AvgIpc) is 2.40. The van der Waals surface area contributed by atoms with Gasteiger partial charge in [-0.05, 0) is 45.1 Å². The molecule has 114 valence electrons. The highest BCUT2D eigenvalue weighted by Gasteiger charge is 2.33. The minimum atomic E-state index is 0.266. The highest BCUT2D eigenvalue weighted by atomic mass is 16.2. The molecule has 3 aliphatic rings. The van der Waals surface area contributed by atoms with E-state index in [1.54, 1.807) is 0 Å².